The van der Waals surface area contributed by atoms with E-state index in [4.69, 9.17) is 0 Å². The van der Waals surface area contributed by atoms with Gasteiger partial charge in [0.1, 0.15) is 5.60 Å². The molecule has 0 radical (unpaired) electrons. The third-order valence-corrected chi connectivity index (χ3v) is 9.01. The molecule has 3 fully saturated rings. The normalized spacial score (nSPS) is 52.0. The third kappa shape index (κ3) is 2.08. The van der Waals surface area contributed by atoms with Gasteiger partial charge in [0.25, 0.3) is 0 Å². The van der Waals surface area contributed by atoms with Crippen LogP contribution >= 0.6 is 0 Å². The molecule has 3 unspecified atom stereocenters. The molecule has 3 nitrogen and oxygen atoms in total. The Bertz CT molecular complexity index is 664. The van der Waals surface area contributed by atoms with Crippen LogP contribution in [0.25, 0.3) is 0 Å². The summed E-state index contributed by atoms with van der Waals surface area (Å²) in [4.78, 5) is 24.3. The van der Waals surface area contributed by atoms with Crippen LogP contribution in [0.3, 0.4) is 0 Å². The number of rotatable bonds is 1. The predicted octanol–water partition coefficient (Wildman–Crippen LogP) is 4.08. The van der Waals surface area contributed by atoms with Gasteiger partial charge in [0, 0.05) is 11.8 Å². The molecule has 0 heterocycles. The number of carbonyl (C=O) groups excluding carboxylic acids is 2. The Morgan fingerprint density at radius 3 is 2.52 bits per heavy atom. The van der Waals surface area contributed by atoms with Crippen LogP contribution in [-0.4, -0.2) is 22.3 Å². The molecule has 0 aliphatic heterocycles. The molecular weight excluding hydrogens is 312 g/mol. The lowest BCUT2D eigenvalue weighted by molar-refractivity contribution is -0.161. The molecule has 0 bridgehead atoms. The van der Waals surface area contributed by atoms with Crippen molar-refractivity contribution < 1.29 is 14.7 Å². The van der Waals surface area contributed by atoms with Gasteiger partial charge in [-0.3, -0.25) is 9.59 Å². The topological polar surface area (TPSA) is 54.4 Å². The van der Waals surface area contributed by atoms with Crippen molar-refractivity contribution in [2.75, 3.05) is 0 Å². The summed E-state index contributed by atoms with van der Waals surface area (Å²) in [7, 11) is 0. The number of Topliss-reactive ketones (excluding diaryl/α,β-unsaturated/α-hetero) is 1. The van der Waals surface area contributed by atoms with Crippen molar-refractivity contribution >= 4 is 11.6 Å². The van der Waals surface area contributed by atoms with Crippen molar-refractivity contribution in [3.05, 3.63) is 11.6 Å². The molecule has 138 valence electrons. The first-order chi connectivity index (χ1) is 11.6. The first-order valence-electron chi connectivity index (χ1n) is 10.1. The molecule has 4 aliphatic carbocycles. The van der Waals surface area contributed by atoms with E-state index in [0.29, 0.717) is 42.3 Å². The van der Waals surface area contributed by atoms with Gasteiger partial charge in [0.05, 0.1) is 0 Å². The van der Waals surface area contributed by atoms with Gasteiger partial charge in [-0.05, 0) is 80.6 Å². The lowest BCUT2D eigenvalue weighted by Gasteiger charge is -2.60. The quantitative estimate of drug-likeness (QED) is 0.779. The zero-order chi connectivity index (χ0) is 18.2. The van der Waals surface area contributed by atoms with Crippen molar-refractivity contribution in [1.82, 2.24) is 0 Å². The molecule has 0 saturated heterocycles. The van der Waals surface area contributed by atoms with E-state index in [-0.39, 0.29) is 16.6 Å². The number of allylic oxidation sites excluding steroid dienone is 1. The Kier molecular flexibility index (Phi) is 3.69. The molecule has 3 heteroatoms. The highest BCUT2D eigenvalue weighted by atomic mass is 16.3. The summed E-state index contributed by atoms with van der Waals surface area (Å²) >= 11 is 0. The maximum absolute atomic E-state index is 12.3. The maximum atomic E-state index is 12.3. The zero-order valence-corrected chi connectivity index (χ0v) is 16.1. The third-order valence-electron chi connectivity index (χ3n) is 9.01. The van der Waals surface area contributed by atoms with Crippen molar-refractivity contribution in [2.24, 2.45) is 34.5 Å². The predicted molar refractivity (Wildman–Crippen MR) is 96.9 cm³/mol. The van der Waals surface area contributed by atoms with Crippen molar-refractivity contribution in [3.8, 4) is 0 Å². The number of hydrogen-bond acceptors (Lipinski definition) is 3. The number of aliphatic hydroxyl groups is 1. The molecule has 4 rings (SSSR count). The molecule has 7 atom stereocenters. The Labute approximate surface area is 151 Å². The van der Waals surface area contributed by atoms with E-state index in [0.717, 1.165) is 32.1 Å². The summed E-state index contributed by atoms with van der Waals surface area (Å²) in [5.74, 6) is 2.27. The highest BCUT2D eigenvalue weighted by molar-refractivity contribution is 5.91. The van der Waals surface area contributed by atoms with Gasteiger partial charge in [-0.2, -0.15) is 0 Å². The maximum Gasteiger partial charge on any atom is 0.161 e. The molecule has 0 aromatic carbocycles. The Morgan fingerprint density at radius 2 is 1.84 bits per heavy atom. The van der Waals surface area contributed by atoms with Crippen LogP contribution in [0.1, 0.15) is 72.6 Å². The molecule has 25 heavy (non-hydrogen) atoms. The average molecular weight is 344 g/mol. The summed E-state index contributed by atoms with van der Waals surface area (Å²) < 4.78 is 0. The molecule has 0 spiro atoms. The second-order valence-electron chi connectivity index (χ2n) is 9.91. The molecule has 0 amide bonds. The first-order valence-corrected chi connectivity index (χ1v) is 10.1. The summed E-state index contributed by atoms with van der Waals surface area (Å²) in [6.07, 6.45) is 8.31. The second-order valence-corrected chi connectivity index (χ2v) is 9.91. The molecule has 1 N–H and O–H groups in total. The summed E-state index contributed by atoms with van der Waals surface area (Å²) in [6.45, 7) is 8.40. The van der Waals surface area contributed by atoms with Crippen molar-refractivity contribution in [3.63, 3.8) is 0 Å². The van der Waals surface area contributed by atoms with Crippen molar-refractivity contribution in [1.29, 1.82) is 0 Å². The smallest absolute Gasteiger partial charge is 0.161 e. The average Bonchev–Trinajstić information content (AvgIpc) is 2.83. The molecule has 4 aliphatic rings. The number of ketones is 2. The largest absolute Gasteiger partial charge is 0.382 e. The van der Waals surface area contributed by atoms with Crippen LogP contribution in [0.2, 0.25) is 0 Å². The Morgan fingerprint density at radius 1 is 1.16 bits per heavy atom. The minimum atomic E-state index is -1.13. The van der Waals surface area contributed by atoms with Crippen LogP contribution < -0.4 is 0 Å². The minimum absolute atomic E-state index is 0.0464. The van der Waals surface area contributed by atoms with Gasteiger partial charge < -0.3 is 5.11 Å². The highest BCUT2D eigenvalue weighted by Gasteiger charge is 2.66. The fraction of sp³-hybridized carbons (Fsp3) is 0.818. The summed E-state index contributed by atoms with van der Waals surface area (Å²) in [5, 5.41) is 11.2. The summed E-state index contributed by atoms with van der Waals surface area (Å²) in [5.41, 5.74) is 0.107. The fourth-order valence-electron chi connectivity index (χ4n) is 7.58. The van der Waals surface area contributed by atoms with Gasteiger partial charge >= 0.3 is 0 Å². The highest BCUT2D eigenvalue weighted by Crippen LogP contribution is 2.68. The zero-order valence-electron chi connectivity index (χ0n) is 16.1. The standard InChI is InChI=1S/C22H32O3/c1-13-11-16-17(20(3)8-5-15(24)12-19(13)20)6-9-21(4)18(16)7-10-22(21,25)14(2)23/h12-13,16-18,25H,5-11H2,1-4H3/t13-,16?,17?,18?,20+,21-,22-/m0/s1. The Hall–Kier alpha value is -0.960. The number of hydrogen-bond donors (Lipinski definition) is 1. The van der Waals surface area contributed by atoms with Crippen LogP contribution in [0.15, 0.2) is 11.6 Å². The SMILES string of the molecule is CC(=O)[C@@]1(O)CCC2C3C[C@H](C)C4=CC(=O)CC[C@]4(C)C3CC[C@@]21C. The van der Waals surface area contributed by atoms with Crippen molar-refractivity contribution in [2.45, 2.75) is 78.2 Å². The van der Waals surface area contributed by atoms with Crippen LogP contribution in [0, 0.1) is 34.5 Å². The van der Waals surface area contributed by atoms with E-state index in [1.165, 1.54) is 5.57 Å². The van der Waals surface area contributed by atoms with Crippen LogP contribution in [0.4, 0.5) is 0 Å². The number of carbonyl (C=O) groups is 2. The molecule has 0 aromatic heterocycles. The Balaban J connectivity index is 1.73. The first kappa shape index (κ1) is 17.5. The number of fused-ring (bicyclic) bond motifs is 5. The van der Waals surface area contributed by atoms with E-state index < -0.39 is 5.60 Å². The molecular formula is C22H32O3. The fourth-order valence-corrected chi connectivity index (χ4v) is 7.58. The minimum Gasteiger partial charge on any atom is -0.382 e. The summed E-state index contributed by atoms with van der Waals surface area (Å²) in [6, 6.07) is 0. The van der Waals surface area contributed by atoms with Gasteiger partial charge in [0.2, 0.25) is 0 Å². The van der Waals surface area contributed by atoms with E-state index in [2.05, 4.69) is 20.8 Å². The second kappa shape index (κ2) is 5.28. The van der Waals surface area contributed by atoms with Crippen LogP contribution in [0.5, 0.6) is 0 Å². The molecule has 0 aromatic rings. The van der Waals surface area contributed by atoms with Gasteiger partial charge in [-0.25, -0.2) is 0 Å². The van der Waals surface area contributed by atoms with E-state index in [1.54, 1.807) is 6.92 Å². The monoisotopic (exact) mass is 344 g/mol. The van der Waals surface area contributed by atoms with Gasteiger partial charge in [-0.15, -0.1) is 0 Å². The lowest BCUT2D eigenvalue weighted by Crippen LogP contribution is -2.57. The van der Waals surface area contributed by atoms with Gasteiger partial charge in [0.15, 0.2) is 11.6 Å². The van der Waals surface area contributed by atoms with Gasteiger partial charge in [-0.1, -0.05) is 26.3 Å². The van der Waals surface area contributed by atoms with Crippen LogP contribution in [-0.2, 0) is 9.59 Å². The van der Waals surface area contributed by atoms with E-state index >= 15 is 0 Å². The molecule has 3 saturated carbocycles. The van der Waals surface area contributed by atoms with E-state index in [9.17, 15) is 14.7 Å². The lowest BCUT2D eigenvalue weighted by atomic mass is 9.45. The van der Waals surface area contributed by atoms with E-state index in [1.807, 2.05) is 6.08 Å².